The second-order valence-electron chi connectivity index (χ2n) is 6.44. The molecule has 26 heavy (non-hydrogen) atoms. The molecule has 1 aliphatic rings. The summed E-state index contributed by atoms with van der Waals surface area (Å²) in [5, 5.41) is 11.9. The summed E-state index contributed by atoms with van der Waals surface area (Å²) in [6.45, 7) is 2.86. The number of nitrogens with zero attached hydrogens (tertiary/aromatic N) is 1. The number of piperidine rings is 1. The van der Waals surface area contributed by atoms with Gasteiger partial charge in [-0.25, -0.2) is 4.79 Å². The number of hydrogen-bond donors (Lipinski definition) is 2. The number of carboxylic acid groups (broad SMARTS) is 1. The van der Waals surface area contributed by atoms with E-state index in [1.54, 1.807) is 17.0 Å². The Kier molecular flexibility index (Phi) is 5.41. The first-order valence-electron chi connectivity index (χ1n) is 8.65. The Balaban J connectivity index is 1.66. The van der Waals surface area contributed by atoms with Gasteiger partial charge in [0.25, 0.3) is 0 Å². The van der Waals surface area contributed by atoms with E-state index in [2.05, 4.69) is 5.32 Å². The monoisotopic (exact) mass is 354 g/mol. The van der Waals surface area contributed by atoms with Crippen molar-refractivity contribution < 1.29 is 19.4 Å². The lowest BCUT2D eigenvalue weighted by molar-refractivity contribution is -0.143. The van der Waals surface area contributed by atoms with E-state index in [-0.39, 0.29) is 11.9 Å². The smallest absolute Gasteiger partial charge is 0.321 e. The summed E-state index contributed by atoms with van der Waals surface area (Å²) in [4.78, 5) is 25.2. The molecule has 0 unspecified atom stereocenters. The maximum atomic E-state index is 12.5. The molecule has 0 atom stereocenters. The highest BCUT2D eigenvalue weighted by Crippen LogP contribution is 2.30. The van der Waals surface area contributed by atoms with E-state index in [0.717, 1.165) is 5.56 Å². The molecule has 0 aliphatic carbocycles. The van der Waals surface area contributed by atoms with Crippen molar-refractivity contribution in [2.45, 2.75) is 19.8 Å². The van der Waals surface area contributed by atoms with Crippen molar-refractivity contribution in [2.75, 3.05) is 18.4 Å². The molecular formula is C20H22N2O4. The zero-order valence-electron chi connectivity index (χ0n) is 14.6. The molecular weight excluding hydrogens is 332 g/mol. The minimum atomic E-state index is -0.790. The summed E-state index contributed by atoms with van der Waals surface area (Å²) >= 11 is 0. The van der Waals surface area contributed by atoms with Crippen LogP contribution in [0.1, 0.15) is 18.4 Å². The summed E-state index contributed by atoms with van der Waals surface area (Å²) in [5.74, 6) is 0.110. The van der Waals surface area contributed by atoms with Crippen molar-refractivity contribution in [2.24, 2.45) is 5.92 Å². The largest absolute Gasteiger partial charge is 0.481 e. The zero-order chi connectivity index (χ0) is 18.5. The maximum Gasteiger partial charge on any atom is 0.321 e. The number of anilines is 1. The number of amides is 2. The van der Waals surface area contributed by atoms with Crippen molar-refractivity contribution in [1.82, 2.24) is 4.90 Å². The number of aryl methyl sites for hydroxylation is 1. The molecule has 0 radical (unpaired) electrons. The van der Waals surface area contributed by atoms with Crippen LogP contribution >= 0.6 is 0 Å². The van der Waals surface area contributed by atoms with Crippen LogP contribution in [-0.4, -0.2) is 35.1 Å². The number of urea groups is 1. The average Bonchev–Trinajstić information content (AvgIpc) is 2.63. The van der Waals surface area contributed by atoms with Gasteiger partial charge in [-0.05, 0) is 49.6 Å². The van der Waals surface area contributed by atoms with Crippen LogP contribution in [-0.2, 0) is 4.79 Å². The van der Waals surface area contributed by atoms with Crippen LogP contribution in [0.15, 0.2) is 48.5 Å². The maximum absolute atomic E-state index is 12.5. The molecule has 3 rings (SSSR count). The van der Waals surface area contributed by atoms with Gasteiger partial charge in [-0.1, -0.05) is 24.3 Å². The first-order chi connectivity index (χ1) is 12.5. The number of para-hydroxylation sites is 2. The Labute approximate surface area is 152 Å². The van der Waals surface area contributed by atoms with Gasteiger partial charge in [0.2, 0.25) is 0 Å². The average molecular weight is 354 g/mol. The Hall–Kier alpha value is -3.02. The topological polar surface area (TPSA) is 78.9 Å². The third-order valence-corrected chi connectivity index (χ3v) is 4.48. The number of carboxylic acids is 1. The number of carbonyl (C=O) groups is 2. The quantitative estimate of drug-likeness (QED) is 0.866. The molecule has 6 nitrogen and oxygen atoms in total. The van der Waals surface area contributed by atoms with E-state index in [1.807, 2.05) is 43.3 Å². The third-order valence-electron chi connectivity index (χ3n) is 4.48. The van der Waals surface area contributed by atoms with Crippen LogP contribution in [0.3, 0.4) is 0 Å². The van der Waals surface area contributed by atoms with Crippen LogP contribution in [0.4, 0.5) is 10.5 Å². The van der Waals surface area contributed by atoms with Gasteiger partial charge in [-0.3, -0.25) is 4.79 Å². The van der Waals surface area contributed by atoms with Gasteiger partial charge in [0.05, 0.1) is 11.6 Å². The molecule has 6 heteroatoms. The molecule has 1 saturated heterocycles. The van der Waals surface area contributed by atoms with Gasteiger partial charge in [0.1, 0.15) is 5.75 Å². The van der Waals surface area contributed by atoms with E-state index in [4.69, 9.17) is 9.84 Å². The molecule has 136 valence electrons. The van der Waals surface area contributed by atoms with Crippen molar-refractivity contribution >= 4 is 17.7 Å². The fraction of sp³-hybridized carbons (Fsp3) is 0.300. The van der Waals surface area contributed by atoms with Crippen molar-refractivity contribution in [3.05, 3.63) is 54.1 Å². The number of rotatable bonds is 4. The van der Waals surface area contributed by atoms with E-state index < -0.39 is 5.97 Å². The van der Waals surface area contributed by atoms with Gasteiger partial charge >= 0.3 is 12.0 Å². The number of ether oxygens (including phenoxy) is 1. The molecule has 1 aliphatic heterocycles. The highest BCUT2D eigenvalue weighted by Gasteiger charge is 2.27. The minimum Gasteiger partial charge on any atom is -0.481 e. The first-order valence-corrected chi connectivity index (χ1v) is 8.65. The second kappa shape index (κ2) is 7.91. The number of benzene rings is 2. The standard InChI is InChI=1S/C20H22N2O4/c1-14-5-4-6-16(13-14)26-18-8-3-2-7-17(18)21-20(25)22-11-9-15(10-12-22)19(23)24/h2-8,13,15H,9-12H2,1H3,(H,21,25)(H,23,24). The van der Waals surface area contributed by atoms with Crippen LogP contribution < -0.4 is 10.1 Å². The van der Waals surface area contributed by atoms with Crippen molar-refractivity contribution in [3.63, 3.8) is 0 Å². The third kappa shape index (κ3) is 4.33. The number of nitrogens with one attached hydrogen (secondary N) is 1. The Morgan fingerprint density at radius 3 is 2.54 bits per heavy atom. The molecule has 2 aromatic rings. The van der Waals surface area contributed by atoms with E-state index in [9.17, 15) is 9.59 Å². The molecule has 0 bridgehead atoms. The molecule has 0 spiro atoms. The van der Waals surface area contributed by atoms with Gasteiger partial charge in [0.15, 0.2) is 5.75 Å². The van der Waals surface area contributed by atoms with Crippen LogP contribution in [0.5, 0.6) is 11.5 Å². The molecule has 2 N–H and O–H groups in total. The Bertz CT molecular complexity index is 798. The van der Waals surface area contributed by atoms with Crippen molar-refractivity contribution in [1.29, 1.82) is 0 Å². The van der Waals surface area contributed by atoms with E-state index in [1.165, 1.54) is 0 Å². The van der Waals surface area contributed by atoms with E-state index in [0.29, 0.717) is 43.1 Å². The van der Waals surface area contributed by atoms with Gasteiger partial charge < -0.3 is 20.1 Å². The minimum absolute atomic E-state index is 0.242. The number of hydrogen-bond acceptors (Lipinski definition) is 3. The normalized spacial score (nSPS) is 14.7. The molecule has 1 fully saturated rings. The highest BCUT2D eigenvalue weighted by molar-refractivity contribution is 5.91. The molecule has 2 aromatic carbocycles. The highest BCUT2D eigenvalue weighted by atomic mass is 16.5. The van der Waals surface area contributed by atoms with Gasteiger partial charge in [-0.15, -0.1) is 0 Å². The lowest BCUT2D eigenvalue weighted by atomic mass is 9.97. The SMILES string of the molecule is Cc1cccc(Oc2ccccc2NC(=O)N2CCC(C(=O)O)CC2)c1. The number of aliphatic carboxylic acids is 1. The summed E-state index contributed by atoms with van der Waals surface area (Å²) < 4.78 is 5.92. The van der Waals surface area contributed by atoms with Gasteiger partial charge in [0, 0.05) is 13.1 Å². The molecule has 0 aromatic heterocycles. The second-order valence-corrected chi connectivity index (χ2v) is 6.44. The summed E-state index contributed by atoms with van der Waals surface area (Å²) in [5.41, 5.74) is 1.67. The lowest BCUT2D eigenvalue weighted by Crippen LogP contribution is -2.42. The molecule has 1 heterocycles. The molecule has 2 amide bonds. The van der Waals surface area contributed by atoms with Crippen LogP contribution in [0.2, 0.25) is 0 Å². The summed E-state index contributed by atoms with van der Waals surface area (Å²) in [7, 11) is 0. The van der Waals surface area contributed by atoms with Crippen molar-refractivity contribution in [3.8, 4) is 11.5 Å². The number of carbonyl (C=O) groups excluding carboxylic acids is 1. The lowest BCUT2D eigenvalue weighted by Gasteiger charge is -2.30. The predicted molar refractivity (Wildman–Crippen MR) is 98.6 cm³/mol. The first kappa shape index (κ1) is 17.8. The molecule has 0 saturated carbocycles. The van der Waals surface area contributed by atoms with Gasteiger partial charge in [-0.2, -0.15) is 0 Å². The fourth-order valence-corrected chi connectivity index (χ4v) is 2.99. The number of likely N-dealkylation sites (tertiary alicyclic amines) is 1. The zero-order valence-corrected chi connectivity index (χ0v) is 14.6. The van der Waals surface area contributed by atoms with Crippen LogP contribution in [0.25, 0.3) is 0 Å². The van der Waals surface area contributed by atoms with E-state index >= 15 is 0 Å². The Morgan fingerprint density at radius 1 is 1.12 bits per heavy atom. The predicted octanol–water partition coefficient (Wildman–Crippen LogP) is 4.12. The summed E-state index contributed by atoms with van der Waals surface area (Å²) in [6.07, 6.45) is 0.953. The fourth-order valence-electron chi connectivity index (χ4n) is 2.99. The van der Waals surface area contributed by atoms with Crippen LogP contribution in [0, 0.1) is 12.8 Å². The summed E-state index contributed by atoms with van der Waals surface area (Å²) in [6, 6.07) is 14.7. The Morgan fingerprint density at radius 2 is 1.85 bits per heavy atom.